The predicted octanol–water partition coefficient (Wildman–Crippen LogP) is 2.81. The normalized spacial score (nSPS) is 18.4. The van der Waals surface area contributed by atoms with Crippen LogP contribution in [-0.4, -0.2) is 34.6 Å². The topological polar surface area (TPSA) is 42.1 Å². The second kappa shape index (κ2) is 5.58. The van der Waals surface area contributed by atoms with E-state index in [2.05, 4.69) is 11.9 Å². The zero-order valence-electron chi connectivity index (χ0n) is 11.4. The predicted molar refractivity (Wildman–Crippen MR) is 91.8 cm³/mol. The molecule has 1 aliphatic rings. The van der Waals surface area contributed by atoms with Crippen LogP contribution in [0.4, 0.5) is 5.82 Å². The van der Waals surface area contributed by atoms with Crippen molar-refractivity contribution in [2.24, 2.45) is 5.73 Å². The first-order valence-corrected chi connectivity index (χ1v) is 8.23. The van der Waals surface area contributed by atoms with E-state index in [0.717, 1.165) is 28.0 Å². The van der Waals surface area contributed by atoms with Gasteiger partial charge in [0, 0.05) is 29.8 Å². The Bertz CT molecular complexity index is 651. The number of thioether (sulfide) groups is 1. The van der Waals surface area contributed by atoms with Gasteiger partial charge in [-0.1, -0.05) is 30.4 Å². The number of nitrogens with zero attached hydrogens (tertiary/aromatic N) is 2. The number of hydrogen-bond acceptors (Lipinski definition) is 4. The molecule has 3 rings (SSSR count). The van der Waals surface area contributed by atoms with Crippen molar-refractivity contribution in [1.82, 2.24) is 4.98 Å². The largest absolute Gasteiger partial charge is 0.389 e. The fourth-order valence-electron chi connectivity index (χ4n) is 2.56. The summed E-state index contributed by atoms with van der Waals surface area (Å²) in [5, 5.41) is 1.03. The van der Waals surface area contributed by atoms with Crippen molar-refractivity contribution in [2.45, 2.75) is 12.5 Å². The maximum Gasteiger partial charge on any atom is 0.129 e. The second-order valence-corrected chi connectivity index (χ2v) is 6.63. The Balaban J connectivity index is 2.09. The Hall–Kier alpha value is -1.33. The van der Waals surface area contributed by atoms with Crippen LogP contribution in [0.3, 0.4) is 0 Å². The van der Waals surface area contributed by atoms with Crippen LogP contribution in [0, 0.1) is 0 Å². The molecule has 20 heavy (non-hydrogen) atoms. The van der Waals surface area contributed by atoms with Crippen molar-refractivity contribution in [3.8, 4) is 0 Å². The van der Waals surface area contributed by atoms with E-state index in [1.165, 1.54) is 12.2 Å². The number of para-hydroxylation sites is 1. The van der Waals surface area contributed by atoms with Gasteiger partial charge >= 0.3 is 0 Å². The highest BCUT2D eigenvalue weighted by atomic mass is 32.2. The van der Waals surface area contributed by atoms with Crippen molar-refractivity contribution in [1.29, 1.82) is 0 Å². The van der Waals surface area contributed by atoms with Gasteiger partial charge in [0.15, 0.2) is 0 Å². The van der Waals surface area contributed by atoms with E-state index in [1.54, 1.807) is 0 Å². The molecule has 1 aliphatic heterocycles. The molecule has 0 amide bonds. The summed E-state index contributed by atoms with van der Waals surface area (Å²) in [5.74, 6) is 3.34. The number of pyridine rings is 1. The van der Waals surface area contributed by atoms with Gasteiger partial charge in [0.2, 0.25) is 0 Å². The quantitative estimate of drug-likeness (QED) is 0.883. The van der Waals surface area contributed by atoms with Crippen LogP contribution in [0.15, 0.2) is 30.3 Å². The highest BCUT2D eigenvalue weighted by molar-refractivity contribution is 7.99. The number of thiocarbonyl (C=S) groups is 1. The van der Waals surface area contributed by atoms with Gasteiger partial charge < -0.3 is 10.6 Å². The van der Waals surface area contributed by atoms with E-state index in [1.807, 2.05) is 42.1 Å². The molecule has 0 spiro atoms. The van der Waals surface area contributed by atoms with Crippen LogP contribution in [0.1, 0.15) is 12.0 Å². The summed E-state index contributed by atoms with van der Waals surface area (Å²) in [6, 6.07) is 10.6. The van der Waals surface area contributed by atoms with Gasteiger partial charge in [0.25, 0.3) is 0 Å². The highest BCUT2D eigenvalue weighted by Crippen LogP contribution is 2.28. The average Bonchev–Trinajstić information content (AvgIpc) is 2.99. The van der Waals surface area contributed by atoms with Crippen molar-refractivity contribution < 1.29 is 0 Å². The number of nitrogens with two attached hydrogens (primary N) is 1. The number of rotatable bonds is 3. The minimum atomic E-state index is 0.430. The number of fused-ring (bicyclic) bond motifs is 1. The lowest BCUT2D eigenvalue weighted by atomic mass is 10.1. The SMILES string of the molecule is CN(c1cc(C(N)=S)c2ccccc2n1)C1CCSC1. The first kappa shape index (κ1) is 13.6. The lowest BCUT2D eigenvalue weighted by molar-refractivity contribution is 0.693. The molecule has 1 aromatic heterocycles. The van der Waals surface area contributed by atoms with Gasteiger partial charge in [-0.3, -0.25) is 0 Å². The smallest absolute Gasteiger partial charge is 0.129 e. The van der Waals surface area contributed by atoms with E-state index < -0.39 is 0 Å². The second-order valence-electron chi connectivity index (χ2n) is 5.04. The van der Waals surface area contributed by atoms with Gasteiger partial charge in [0.1, 0.15) is 10.8 Å². The molecule has 0 bridgehead atoms. The first-order valence-electron chi connectivity index (χ1n) is 6.67. The third-order valence-electron chi connectivity index (χ3n) is 3.78. The summed E-state index contributed by atoms with van der Waals surface area (Å²) < 4.78 is 0. The Morgan fingerprint density at radius 3 is 2.95 bits per heavy atom. The zero-order valence-corrected chi connectivity index (χ0v) is 13.0. The first-order chi connectivity index (χ1) is 9.66. The minimum absolute atomic E-state index is 0.430. The van der Waals surface area contributed by atoms with Gasteiger partial charge in [-0.2, -0.15) is 11.8 Å². The summed E-state index contributed by atoms with van der Waals surface area (Å²) in [7, 11) is 2.11. The molecule has 2 N–H and O–H groups in total. The van der Waals surface area contributed by atoms with Crippen molar-refractivity contribution in [2.75, 3.05) is 23.5 Å². The third-order valence-corrected chi connectivity index (χ3v) is 5.15. The molecule has 0 radical (unpaired) electrons. The number of anilines is 1. The zero-order chi connectivity index (χ0) is 14.1. The van der Waals surface area contributed by atoms with E-state index in [9.17, 15) is 0 Å². The molecule has 0 saturated carbocycles. The molecule has 0 aliphatic carbocycles. The van der Waals surface area contributed by atoms with E-state index >= 15 is 0 Å². The molecule has 5 heteroatoms. The van der Waals surface area contributed by atoms with Crippen LogP contribution in [0.25, 0.3) is 10.9 Å². The summed E-state index contributed by atoms with van der Waals surface area (Å²) in [4.78, 5) is 7.45. The Kier molecular flexibility index (Phi) is 3.81. The Morgan fingerprint density at radius 2 is 2.25 bits per heavy atom. The molecule has 104 valence electrons. The Morgan fingerprint density at radius 1 is 1.45 bits per heavy atom. The molecule has 1 atom stereocenters. The van der Waals surface area contributed by atoms with Crippen LogP contribution < -0.4 is 10.6 Å². The van der Waals surface area contributed by atoms with Gasteiger partial charge in [0.05, 0.1) is 5.52 Å². The van der Waals surface area contributed by atoms with Crippen molar-refractivity contribution in [3.63, 3.8) is 0 Å². The fourth-order valence-corrected chi connectivity index (χ4v) is 4.00. The van der Waals surface area contributed by atoms with Gasteiger partial charge in [-0.05, 0) is 24.3 Å². The summed E-state index contributed by atoms with van der Waals surface area (Å²) in [6.45, 7) is 0. The highest BCUT2D eigenvalue weighted by Gasteiger charge is 2.22. The summed E-state index contributed by atoms with van der Waals surface area (Å²) >= 11 is 7.20. The molecule has 2 heterocycles. The van der Waals surface area contributed by atoms with E-state index in [4.69, 9.17) is 22.9 Å². The lowest BCUT2D eigenvalue weighted by Crippen LogP contribution is -2.32. The average molecular weight is 303 g/mol. The molecule has 1 unspecified atom stereocenters. The van der Waals surface area contributed by atoms with Crippen molar-refractivity contribution >= 4 is 45.7 Å². The lowest BCUT2D eigenvalue weighted by Gasteiger charge is -2.25. The van der Waals surface area contributed by atoms with E-state index in [0.29, 0.717) is 11.0 Å². The number of hydrogen-bond donors (Lipinski definition) is 1. The minimum Gasteiger partial charge on any atom is -0.389 e. The maximum absolute atomic E-state index is 5.88. The monoisotopic (exact) mass is 303 g/mol. The van der Waals surface area contributed by atoms with Crippen LogP contribution in [0.5, 0.6) is 0 Å². The maximum atomic E-state index is 5.88. The van der Waals surface area contributed by atoms with Gasteiger partial charge in [-0.25, -0.2) is 4.98 Å². The molecular weight excluding hydrogens is 286 g/mol. The molecule has 3 nitrogen and oxygen atoms in total. The molecule has 1 saturated heterocycles. The molecule has 1 fully saturated rings. The molecular formula is C15H17N3S2. The number of aromatic nitrogens is 1. The standard InChI is InChI=1S/C15H17N3S2/c1-18(10-6-7-20-9-10)14-8-12(15(16)19)11-4-2-3-5-13(11)17-14/h2-5,8,10H,6-7,9H2,1H3,(H2,16,19). The fraction of sp³-hybridized carbons (Fsp3) is 0.333. The Labute approximate surface area is 128 Å². The van der Waals surface area contributed by atoms with Gasteiger partial charge in [-0.15, -0.1) is 0 Å². The molecule has 1 aromatic carbocycles. The summed E-state index contributed by atoms with van der Waals surface area (Å²) in [5.41, 5.74) is 7.75. The van der Waals surface area contributed by atoms with Crippen LogP contribution in [-0.2, 0) is 0 Å². The van der Waals surface area contributed by atoms with Crippen LogP contribution in [0.2, 0.25) is 0 Å². The number of benzene rings is 1. The third kappa shape index (κ3) is 2.47. The van der Waals surface area contributed by atoms with Crippen LogP contribution >= 0.6 is 24.0 Å². The van der Waals surface area contributed by atoms with Crippen molar-refractivity contribution in [3.05, 3.63) is 35.9 Å². The summed E-state index contributed by atoms with van der Waals surface area (Å²) in [6.07, 6.45) is 1.21. The van der Waals surface area contributed by atoms with E-state index in [-0.39, 0.29) is 0 Å². The molecule has 2 aromatic rings.